The average molecular weight is 279 g/mol. The maximum atomic E-state index is 11.6. The second-order valence-corrected chi connectivity index (χ2v) is 5.80. The molecule has 2 rings (SSSR count). The third-order valence-electron chi connectivity index (χ3n) is 4.41. The highest BCUT2D eigenvalue weighted by molar-refractivity contribution is 5.75. The van der Waals surface area contributed by atoms with Gasteiger partial charge in [0, 0.05) is 25.8 Å². The molecule has 1 saturated heterocycles. The topological polar surface area (TPSA) is 58.4 Å². The maximum absolute atomic E-state index is 11.6. The van der Waals surface area contributed by atoms with Gasteiger partial charge in [-0.15, -0.1) is 0 Å². The minimum absolute atomic E-state index is 0.562. The number of aliphatic carboxylic acids is 1. The zero-order valence-electron chi connectivity index (χ0n) is 12.5. The summed E-state index contributed by atoms with van der Waals surface area (Å²) < 4.78 is 2.03. The Morgan fingerprint density at radius 2 is 2.30 bits per heavy atom. The Kier molecular flexibility index (Phi) is 4.81. The summed E-state index contributed by atoms with van der Waals surface area (Å²) in [6, 6.07) is 2.04. The van der Waals surface area contributed by atoms with Crippen LogP contribution in [-0.2, 0) is 17.9 Å². The molecule has 0 aliphatic carbocycles. The van der Waals surface area contributed by atoms with Crippen molar-refractivity contribution in [2.45, 2.75) is 52.6 Å². The molecule has 0 saturated carbocycles. The Morgan fingerprint density at radius 1 is 1.50 bits per heavy atom. The van der Waals surface area contributed by atoms with Crippen LogP contribution < -0.4 is 0 Å². The molecule has 5 heteroatoms. The van der Waals surface area contributed by atoms with E-state index in [1.54, 1.807) is 0 Å². The molecular formula is C15H25N3O2. The van der Waals surface area contributed by atoms with Gasteiger partial charge >= 0.3 is 5.97 Å². The molecule has 1 aliphatic rings. The zero-order valence-corrected chi connectivity index (χ0v) is 12.5. The van der Waals surface area contributed by atoms with Crippen molar-refractivity contribution in [3.05, 3.63) is 18.0 Å². The van der Waals surface area contributed by atoms with Gasteiger partial charge in [0.15, 0.2) is 0 Å². The monoisotopic (exact) mass is 279 g/mol. The van der Waals surface area contributed by atoms with E-state index in [1.165, 1.54) is 5.69 Å². The number of piperidine rings is 1. The van der Waals surface area contributed by atoms with Crippen molar-refractivity contribution < 1.29 is 9.90 Å². The fourth-order valence-electron chi connectivity index (χ4n) is 3.11. The average Bonchev–Trinajstić information content (AvgIpc) is 2.86. The van der Waals surface area contributed by atoms with Gasteiger partial charge in [-0.3, -0.25) is 14.4 Å². The third-order valence-corrected chi connectivity index (χ3v) is 4.41. The van der Waals surface area contributed by atoms with Gasteiger partial charge in [-0.05, 0) is 38.3 Å². The summed E-state index contributed by atoms with van der Waals surface area (Å²) >= 11 is 0. The van der Waals surface area contributed by atoms with E-state index in [0.717, 1.165) is 38.9 Å². The molecule has 5 nitrogen and oxygen atoms in total. The molecule has 112 valence electrons. The lowest BCUT2D eigenvalue weighted by atomic mass is 9.77. The number of rotatable bonds is 6. The van der Waals surface area contributed by atoms with Crippen LogP contribution in [0.25, 0.3) is 0 Å². The largest absolute Gasteiger partial charge is 0.481 e. The van der Waals surface area contributed by atoms with Gasteiger partial charge in [-0.2, -0.15) is 5.10 Å². The lowest BCUT2D eigenvalue weighted by Crippen LogP contribution is -2.47. The summed E-state index contributed by atoms with van der Waals surface area (Å²) in [7, 11) is 0. The van der Waals surface area contributed by atoms with E-state index in [0.29, 0.717) is 13.0 Å². The van der Waals surface area contributed by atoms with Gasteiger partial charge in [-0.1, -0.05) is 13.8 Å². The van der Waals surface area contributed by atoms with Gasteiger partial charge in [-0.25, -0.2) is 0 Å². The van der Waals surface area contributed by atoms with Crippen LogP contribution in [0.2, 0.25) is 0 Å². The lowest BCUT2D eigenvalue weighted by molar-refractivity contribution is -0.153. The van der Waals surface area contributed by atoms with E-state index in [9.17, 15) is 9.90 Å². The highest BCUT2D eigenvalue weighted by Gasteiger charge is 2.40. The summed E-state index contributed by atoms with van der Waals surface area (Å²) in [6.45, 7) is 7.48. The first kappa shape index (κ1) is 15.0. The van der Waals surface area contributed by atoms with Crippen LogP contribution in [-0.4, -0.2) is 38.8 Å². The van der Waals surface area contributed by atoms with Crippen molar-refractivity contribution in [2.75, 3.05) is 13.1 Å². The summed E-state index contributed by atoms with van der Waals surface area (Å²) in [5.74, 6) is -0.647. The molecule has 1 fully saturated rings. The number of aryl methyl sites for hydroxylation is 1. The van der Waals surface area contributed by atoms with E-state index in [-0.39, 0.29) is 0 Å². The number of carbonyl (C=O) groups is 1. The molecule has 0 spiro atoms. The normalized spacial score (nSPS) is 23.9. The molecule has 1 aromatic heterocycles. The first-order chi connectivity index (χ1) is 9.61. The van der Waals surface area contributed by atoms with Crippen LogP contribution in [0.3, 0.4) is 0 Å². The Morgan fingerprint density at radius 3 is 2.95 bits per heavy atom. The van der Waals surface area contributed by atoms with E-state index < -0.39 is 11.4 Å². The second-order valence-electron chi connectivity index (χ2n) is 5.80. The second kappa shape index (κ2) is 6.39. The van der Waals surface area contributed by atoms with Crippen molar-refractivity contribution >= 4 is 5.97 Å². The van der Waals surface area contributed by atoms with Crippen molar-refractivity contribution in [3.8, 4) is 0 Å². The summed E-state index contributed by atoms with van der Waals surface area (Å²) in [5, 5.41) is 13.9. The maximum Gasteiger partial charge on any atom is 0.310 e. The van der Waals surface area contributed by atoms with Crippen LogP contribution in [0.15, 0.2) is 12.3 Å². The Balaban J connectivity index is 2.06. The highest BCUT2D eigenvalue weighted by Crippen LogP contribution is 2.34. The molecule has 0 radical (unpaired) electrons. The van der Waals surface area contributed by atoms with Crippen LogP contribution in [0, 0.1) is 5.41 Å². The molecule has 1 atom stereocenters. The van der Waals surface area contributed by atoms with Crippen molar-refractivity contribution in [3.63, 3.8) is 0 Å². The summed E-state index contributed by atoms with van der Waals surface area (Å²) in [4.78, 5) is 13.8. The van der Waals surface area contributed by atoms with Gasteiger partial charge < -0.3 is 5.11 Å². The minimum Gasteiger partial charge on any atom is -0.481 e. The summed E-state index contributed by atoms with van der Waals surface area (Å²) in [6.07, 6.45) is 5.35. The Hall–Kier alpha value is -1.36. The van der Waals surface area contributed by atoms with Crippen LogP contribution >= 0.6 is 0 Å². The number of aromatic nitrogens is 2. The highest BCUT2D eigenvalue weighted by atomic mass is 16.4. The van der Waals surface area contributed by atoms with E-state index >= 15 is 0 Å². The molecular weight excluding hydrogens is 254 g/mol. The minimum atomic E-state index is -0.647. The molecule has 0 aromatic carbocycles. The predicted molar refractivity (Wildman–Crippen MR) is 77.4 cm³/mol. The molecule has 1 unspecified atom stereocenters. The number of nitrogens with zero attached hydrogens (tertiary/aromatic N) is 3. The Bertz CT molecular complexity index is 458. The summed E-state index contributed by atoms with van der Waals surface area (Å²) in [5.41, 5.74) is 0.623. The van der Waals surface area contributed by atoms with Crippen molar-refractivity contribution in [1.29, 1.82) is 0 Å². The Labute approximate surface area is 120 Å². The van der Waals surface area contributed by atoms with E-state index in [4.69, 9.17) is 0 Å². The van der Waals surface area contributed by atoms with Gasteiger partial charge in [0.1, 0.15) is 0 Å². The van der Waals surface area contributed by atoms with Crippen LogP contribution in [0.5, 0.6) is 0 Å². The molecule has 0 amide bonds. The fraction of sp³-hybridized carbons (Fsp3) is 0.733. The van der Waals surface area contributed by atoms with Crippen molar-refractivity contribution in [2.24, 2.45) is 5.41 Å². The number of carboxylic acids is 1. The standard InChI is InChI=1S/C15H25N3O2/c1-3-9-18-13(6-8-16-18)11-17-10-5-7-15(4-2,12-17)14(19)20/h6,8H,3-5,7,9-12H2,1-2H3,(H,19,20). The SMILES string of the molecule is CCCn1nccc1CN1CCCC(CC)(C(=O)O)C1. The van der Waals surface area contributed by atoms with Crippen LogP contribution in [0.4, 0.5) is 0 Å². The fourth-order valence-corrected chi connectivity index (χ4v) is 3.11. The molecule has 0 bridgehead atoms. The quantitative estimate of drug-likeness (QED) is 0.868. The molecule has 20 heavy (non-hydrogen) atoms. The number of carboxylic acid groups (broad SMARTS) is 1. The molecule has 2 heterocycles. The zero-order chi connectivity index (χ0) is 14.6. The predicted octanol–water partition coefficient (Wildman–Crippen LogP) is 2.37. The van der Waals surface area contributed by atoms with Gasteiger partial charge in [0.05, 0.1) is 11.1 Å². The molecule has 1 N–H and O–H groups in total. The van der Waals surface area contributed by atoms with Gasteiger partial charge in [0.25, 0.3) is 0 Å². The lowest BCUT2D eigenvalue weighted by Gasteiger charge is -2.39. The number of hydrogen-bond acceptors (Lipinski definition) is 3. The molecule has 1 aromatic rings. The number of hydrogen-bond donors (Lipinski definition) is 1. The van der Waals surface area contributed by atoms with E-state index in [2.05, 4.69) is 16.9 Å². The first-order valence-corrected chi connectivity index (χ1v) is 7.57. The van der Waals surface area contributed by atoms with Crippen molar-refractivity contribution in [1.82, 2.24) is 14.7 Å². The van der Waals surface area contributed by atoms with Crippen LogP contribution in [0.1, 0.15) is 45.2 Å². The first-order valence-electron chi connectivity index (χ1n) is 7.57. The smallest absolute Gasteiger partial charge is 0.310 e. The molecule has 1 aliphatic heterocycles. The third kappa shape index (κ3) is 3.03. The van der Waals surface area contributed by atoms with Gasteiger partial charge in [0.2, 0.25) is 0 Å². The number of likely N-dealkylation sites (tertiary alicyclic amines) is 1. The van der Waals surface area contributed by atoms with E-state index in [1.807, 2.05) is 23.9 Å².